The van der Waals surface area contributed by atoms with Gasteiger partial charge in [0, 0.05) is 11.0 Å². The highest BCUT2D eigenvalue weighted by Gasteiger charge is 2.13. The summed E-state index contributed by atoms with van der Waals surface area (Å²) in [6, 6.07) is 4.93. The summed E-state index contributed by atoms with van der Waals surface area (Å²) in [5.41, 5.74) is 0.848. The molecule has 0 unspecified atom stereocenters. The molecule has 17 heavy (non-hydrogen) atoms. The van der Waals surface area contributed by atoms with Gasteiger partial charge in [-0.3, -0.25) is 5.32 Å². The summed E-state index contributed by atoms with van der Waals surface area (Å²) in [5.74, 6) is 1.70. The number of halogens is 1. The highest BCUT2D eigenvalue weighted by molar-refractivity contribution is 9.10. The van der Waals surface area contributed by atoms with E-state index in [4.69, 9.17) is 11.5 Å². The van der Waals surface area contributed by atoms with Gasteiger partial charge in [0.05, 0.1) is 11.1 Å². The molecule has 0 heterocycles. The van der Waals surface area contributed by atoms with Crippen molar-refractivity contribution in [2.24, 2.45) is 0 Å². The SMILES string of the molecule is C#CC(C)(C)NCc1ccc(C(=O)O)cc1Br. The lowest BCUT2D eigenvalue weighted by molar-refractivity contribution is 0.0697. The largest absolute Gasteiger partial charge is 0.478 e. The lowest BCUT2D eigenvalue weighted by Crippen LogP contribution is -2.37. The van der Waals surface area contributed by atoms with Crippen LogP contribution in [0.1, 0.15) is 29.8 Å². The molecule has 2 N–H and O–H groups in total. The van der Waals surface area contributed by atoms with Crippen LogP contribution in [0, 0.1) is 12.3 Å². The minimum atomic E-state index is -0.936. The second kappa shape index (κ2) is 5.35. The van der Waals surface area contributed by atoms with E-state index in [9.17, 15) is 4.79 Å². The fraction of sp³-hybridized carbons (Fsp3) is 0.308. The van der Waals surface area contributed by atoms with E-state index in [-0.39, 0.29) is 11.1 Å². The first-order valence-electron chi connectivity index (χ1n) is 5.10. The van der Waals surface area contributed by atoms with E-state index in [1.54, 1.807) is 18.2 Å². The number of benzene rings is 1. The zero-order valence-corrected chi connectivity index (χ0v) is 11.3. The molecule has 1 aromatic carbocycles. The Balaban J connectivity index is 2.81. The molecule has 0 bridgehead atoms. The molecule has 0 saturated heterocycles. The predicted molar refractivity (Wildman–Crippen MR) is 70.9 cm³/mol. The fourth-order valence-corrected chi connectivity index (χ4v) is 1.71. The minimum Gasteiger partial charge on any atom is -0.478 e. The molecule has 0 aromatic heterocycles. The van der Waals surface area contributed by atoms with Crippen molar-refractivity contribution < 1.29 is 9.90 Å². The third kappa shape index (κ3) is 3.88. The Hall–Kier alpha value is -1.31. The Labute approximate surface area is 109 Å². The van der Waals surface area contributed by atoms with Crippen LogP contribution in [-0.2, 0) is 6.54 Å². The van der Waals surface area contributed by atoms with Gasteiger partial charge >= 0.3 is 5.97 Å². The minimum absolute atomic E-state index is 0.261. The Kier molecular flexibility index (Phi) is 4.33. The van der Waals surface area contributed by atoms with Gasteiger partial charge in [0.2, 0.25) is 0 Å². The van der Waals surface area contributed by atoms with Gasteiger partial charge in [-0.2, -0.15) is 0 Å². The van der Waals surface area contributed by atoms with Crippen LogP contribution in [0.3, 0.4) is 0 Å². The van der Waals surface area contributed by atoms with Crippen molar-refractivity contribution >= 4 is 21.9 Å². The maximum Gasteiger partial charge on any atom is 0.335 e. The third-order valence-corrected chi connectivity index (χ3v) is 3.12. The van der Waals surface area contributed by atoms with Crippen molar-refractivity contribution in [2.45, 2.75) is 25.9 Å². The van der Waals surface area contributed by atoms with Crippen LogP contribution in [0.4, 0.5) is 0 Å². The van der Waals surface area contributed by atoms with Crippen LogP contribution in [0.25, 0.3) is 0 Å². The van der Waals surface area contributed by atoms with Crippen molar-refractivity contribution in [3.8, 4) is 12.3 Å². The normalized spacial score (nSPS) is 10.9. The molecule has 90 valence electrons. The van der Waals surface area contributed by atoms with E-state index in [1.807, 2.05) is 13.8 Å². The molecule has 0 aliphatic heterocycles. The van der Waals surface area contributed by atoms with Crippen LogP contribution in [0.5, 0.6) is 0 Å². The first-order chi connectivity index (χ1) is 7.85. The Morgan fingerprint density at radius 3 is 2.71 bits per heavy atom. The molecule has 0 atom stereocenters. The Morgan fingerprint density at radius 1 is 1.59 bits per heavy atom. The predicted octanol–water partition coefficient (Wildman–Crippen LogP) is 2.65. The Bertz CT molecular complexity index is 475. The first-order valence-corrected chi connectivity index (χ1v) is 5.89. The van der Waals surface area contributed by atoms with Crippen LogP contribution in [0.2, 0.25) is 0 Å². The highest BCUT2D eigenvalue weighted by atomic mass is 79.9. The smallest absolute Gasteiger partial charge is 0.335 e. The molecule has 0 amide bonds. The maximum absolute atomic E-state index is 10.8. The van der Waals surface area contributed by atoms with E-state index in [1.165, 1.54) is 0 Å². The van der Waals surface area contributed by atoms with Crippen molar-refractivity contribution in [3.63, 3.8) is 0 Å². The van der Waals surface area contributed by atoms with Crippen LogP contribution >= 0.6 is 15.9 Å². The third-order valence-electron chi connectivity index (χ3n) is 2.38. The molecule has 0 radical (unpaired) electrons. The van der Waals surface area contributed by atoms with Crippen LogP contribution in [0.15, 0.2) is 22.7 Å². The molecule has 0 aliphatic carbocycles. The van der Waals surface area contributed by atoms with Gasteiger partial charge in [-0.15, -0.1) is 6.42 Å². The lowest BCUT2D eigenvalue weighted by Gasteiger charge is -2.20. The quantitative estimate of drug-likeness (QED) is 0.840. The van der Waals surface area contributed by atoms with Crippen molar-refractivity contribution in [1.82, 2.24) is 5.32 Å². The molecular weight excluding hydrogens is 282 g/mol. The number of carboxylic acids is 1. The molecule has 0 aliphatic rings. The molecule has 4 heteroatoms. The summed E-state index contributed by atoms with van der Waals surface area (Å²) in [6.07, 6.45) is 5.37. The zero-order valence-electron chi connectivity index (χ0n) is 9.75. The van der Waals surface area contributed by atoms with E-state index >= 15 is 0 Å². The van der Waals surface area contributed by atoms with Gasteiger partial charge < -0.3 is 5.11 Å². The van der Waals surface area contributed by atoms with E-state index in [2.05, 4.69) is 27.2 Å². The van der Waals surface area contributed by atoms with Gasteiger partial charge in [-0.1, -0.05) is 27.9 Å². The van der Waals surface area contributed by atoms with Crippen molar-refractivity contribution in [3.05, 3.63) is 33.8 Å². The van der Waals surface area contributed by atoms with Gasteiger partial charge in [0.25, 0.3) is 0 Å². The average Bonchev–Trinajstić information content (AvgIpc) is 2.27. The zero-order chi connectivity index (χ0) is 13.1. The number of carbonyl (C=O) groups is 1. The van der Waals surface area contributed by atoms with Gasteiger partial charge in [-0.25, -0.2) is 4.79 Å². The number of hydrogen-bond donors (Lipinski definition) is 2. The van der Waals surface area contributed by atoms with Crippen LogP contribution in [-0.4, -0.2) is 16.6 Å². The summed E-state index contributed by atoms with van der Waals surface area (Å²) in [7, 11) is 0. The van der Waals surface area contributed by atoms with Gasteiger partial charge in [-0.05, 0) is 31.5 Å². The van der Waals surface area contributed by atoms with E-state index in [0.717, 1.165) is 10.0 Å². The average molecular weight is 296 g/mol. The van der Waals surface area contributed by atoms with Crippen molar-refractivity contribution in [2.75, 3.05) is 0 Å². The molecule has 0 spiro atoms. The maximum atomic E-state index is 10.8. The monoisotopic (exact) mass is 295 g/mol. The van der Waals surface area contributed by atoms with Gasteiger partial charge in [0.15, 0.2) is 0 Å². The summed E-state index contributed by atoms with van der Waals surface area (Å²) < 4.78 is 0.762. The molecule has 0 fully saturated rings. The van der Waals surface area contributed by atoms with Crippen molar-refractivity contribution in [1.29, 1.82) is 0 Å². The van der Waals surface area contributed by atoms with Gasteiger partial charge in [0.1, 0.15) is 0 Å². The number of hydrogen-bond acceptors (Lipinski definition) is 2. The molecule has 1 rings (SSSR count). The number of nitrogens with one attached hydrogen (secondary N) is 1. The van der Waals surface area contributed by atoms with E-state index in [0.29, 0.717) is 6.54 Å². The Morgan fingerprint density at radius 2 is 2.24 bits per heavy atom. The lowest BCUT2D eigenvalue weighted by atomic mass is 10.1. The highest BCUT2D eigenvalue weighted by Crippen LogP contribution is 2.19. The number of carboxylic acid groups (broad SMARTS) is 1. The molecule has 3 nitrogen and oxygen atoms in total. The summed E-state index contributed by atoms with van der Waals surface area (Å²) in [4.78, 5) is 10.8. The molecule has 1 aromatic rings. The van der Waals surface area contributed by atoms with E-state index < -0.39 is 5.97 Å². The second-order valence-electron chi connectivity index (χ2n) is 4.23. The summed E-state index contributed by atoms with van der Waals surface area (Å²) >= 11 is 3.35. The number of terminal acetylenes is 1. The fourth-order valence-electron chi connectivity index (χ4n) is 1.19. The molecular formula is C13H14BrNO2. The number of rotatable bonds is 4. The second-order valence-corrected chi connectivity index (χ2v) is 5.09. The number of aromatic carboxylic acids is 1. The summed E-state index contributed by atoms with van der Waals surface area (Å²) in [6.45, 7) is 4.40. The standard InChI is InChI=1S/C13H14BrNO2/c1-4-13(2,3)15-8-10-6-5-9(12(16)17)7-11(10)14/h1,5-7,15H,8H2,2-3H3,(H,16,17). The first kappa shape index (κ1) is 13.8. The topological polar surface area (TPSA) is 49.3 Å². The summed E-state index contributed by atoms with van der Waals surface area (Å²) in [5, 5.41) is 12.0. The molecule has 0 saturated carbocycles. The van der Waals surface area contributed by atoms with Crippen LogP contribution < -0.4 is 5.32 Å².